The van der Waals surface area contributed by atoms with Gasteiger partial charge in [-0.25, -0.2) is 4.99 Å². The zero-order chi connectivity index (χ0) is 28.6. The minimum atomic E-state index is -0.249. The van der Waals surface area contributed by atoms with E-state index in [9.17, 15) is 4.79 Å². The maximum absolute atomic E-state index is 12.7. The Balaban J connectivity index is 1.30. The van der Waals surface area contributed by atoms with Crippen molar-refractivity contribution in [1.29, 1.82) is 0 Å². The molecule has 5 rings (SSSR count). The molecular weight excluding hydrogens is 579 g/mol. The number of thioether (sulfide) groups is 1. The molecule has 0 aromatic heterocycles. The van der Waals surface area contributed by atoms with Crippen molar-refractivity contribution in [2.24, 2.45) is 4.99 Å². The molecule has 1 aliphatic heterocycles. The average Bonchev–Trinajstić information content (AvgIpc) is 3.32. The molecule has 9 heteroatoms. The van der Waals surface area contributed by atoms with Crippen LogP contribution in [-0.2, 0) is 18.0 Å². The maximum Gasteiger partial charge on any atom is 0.264 e. The highest BCUT2D eigenvalue weighted by Crippen LogP contribution is 2.34. The summed E-state index contributed by atoms with van der Waals surface area (Å²) in [7, 11) is 0. The van der Waals surface area contributed by atoms with Crippen molar-refractivity contribution in [1.82, 2.24) is 5.32 Å². The van der Waals surface area contributed by atoms with E-state index in [-0.39, 0.29) is 12.5 Å². The first-order valence-electron chi connectivity index (χ1n) is 12.9. The van der Waals surface area contributed by atoms with E-state index in [0.29, 0.717) is 61.8 Å². The Morgan fingerprint density at radius 3 is 2.27 bits per heavy atom. The van der Waals surface area contributed by atoms with Gasteiger partial charge in [-0.05, 0) is 90.5 Å². The minimum Gasteiger partial charge on any atom is -0.490 e. The van der Waals surface area contributed by atoms with Gasteiger partial charge in [-0.3, -0.25) is 4.79 Å². The normalized spacial score (nSPS) is 14.8. The number of carbonyl (C=O) groups excluding carboxylic acids is 1. The van der Waals surface area contributed by atoms with Crippen LogP contribution in [0, 0.1) is 0 Å². The largest absolute Gasteiger partial charge is 0.490 e. The van der Waals surface area contributed by atoms with Gasteiger partial charge in [-0.1, -0.05) is 59.6 Å². The van der Waals surface area contributed by atoms with E-state index in [0.717, 1.165) is 11.1 Å². The molecule has 208 valence electrons. The minimum absolute atomic E-state index is 0.249. The Kier molecular flexibility index (Phi) is 9.51. The number of rotatable bonds is 10. The van der Waals surface area contributed by atoms with Crippen LogP contribution in [0.2, 0.25) is 10.0 Å². The molecule has 0 atom stereocenters. The van der Waals surface area contributed by atoms with E-state index in [1.54, 1.807) is 48.5 Å². The molecule has 0 spiro atoms. The number of hydrogen-bond donors (Lipinski definition) is 1. The molecule has 0 aliphatic carbocycles. The molecule has 1 heterocycles. The van der Waals surface area contributed by atoms with Gasteiger partial charge in [0.1, 0.15) is 19.0 Å². The highest BCUT2D eigenvalue weighted by molar-refractivity contribution is 8.18. The Labute approximate surface area is 253 Å². The van der Waals surface area contributed by atoms with Crippen molar-refractivity contribution in [2.75, 3.05) is 6.61 Å². The highest BCUT2D eigenvalue weighted by atomic mass is 35.5. The lowest BCUT2D eigenvalue weighted by atomic mass is 10.1. The zero-order valence-corrected chi connectivity index (χ0v) is 24.4. The molecule has 0 saturated carbocycles. The summed E-state index contributed by atoms with van der Waals surface area (Å²) < 4.78 is 18.0. The molecule has 0 bridgehead atoms. The summed E-state index contributed by atoms with van der Waals surface area (Å²) in [5.74, 6) is 1.65. The lowest BCUT2D eigenvalue weighted by Crippen LogP contribution is -2.19. The van der Waals surface area contributed by atoms with Crippen molar-refractivity contribution >= 4 is 57.8 Å². The molecule has 1 aliphatic rings. The van der Waals surface area contributed by atoms with Crippen LogP contribution >= 0.6 is 35.0 Å². The fraction of sp³-hybridized carbons (Fsp3) is 0.125. The van der Waals surface area contributed by atoms with E-state index in [1.165, 1.54) is 11.8 Å². The van der Waals surface area contributed by atoms with Crippen LogP contribution in [0.3, 0.4) is 0 Å². The first-order valence-corrected chi connectivity index (χ1v) is 14.4. The summed E-state index contributed by atoms with van der Waals surface area (Å²) in [4.78, 5) is 17.6. The lowest BCUT2D eigenvalue weighted by molar-refractivity contribution is -0.115. The summed E-state index contributed by atoms with van der Waals surface area (Å²) in [5.41, 5.74) is 3.34. The van der Waals surface area contributed by atoms with Crippen LogP contribution in [0.5, 0.6) is 17.2 Å². The number of amidine groups is 1. The van der Waals surface area contributed by atoms with E-state index >= 15 is 0 Å². The van der Waals surface area contributed by atoms with Gasteiger partial charge < -0.3 is 19.5 Å². The zero-order valence-electron chi connectivity index (χ0n) is 22.1. The summed E-state index contributed by atoms with van der Waals surface area (Å²) in [6, 6.07) is 28.1. The van der Waals surface area contributed by atoms with Crippen molar-refractivity contribution in [3.63, 3.8) is 0 Å². The molecule has 1 fully saturated rings. The van der Waals surface area contributed by atoms with Crippen LogP contribution in [-0.4, -0.2) is 17.7 Å². The molecule has 4 aromatic rings. The molecule has 0 radical (unpaired) electrons. The monoisotopic (exact) mass is 604 g/mol. The second kappa shape index (κ2) is 13.6. The molecular formula is C32H26Cl2N2O4S. The van der Waals surface area contributed by atoms with E-state index in [4.69, 9.17) is 37.4 Å². The number of benzene rings is 4. The average molecular weight is 606 g/mol. The third-order valence-electron chi connectivity index (χ3n) is 5.91. The Hall–Kier alpha value is -3.91. The number of carbonyl (C=O) groups is 1. The fourth-order valence-corrected chi connectivity index (χ4v) is 5.08. The maximum atomic E-state index is 12.7. The number of amides is 1. The predicted octanol–water partition coefficient (Wildman–Crippen LogP) is 8.44. The number of halogens is 2. The second-order valence-electron chi connectivity index (χ2n) is 8.92. The van der Waals surface area contributed by atoms with Crippen LogP contribution in [0.4, 0.5) is 5.69 Å². The highest BCUT2D eigenvalue weighted by Gasteiger charge is 2.24. The molecule has 1 N–H and O–H groups in total. The van der Waals surface area contributed by atoms with Crippen molar-refractivity contribution in [3.05, 3.63) is 123 Å². The summed E-state index contributed by atoms with van der Waals surface area (Å²) in [5, 5.41) is 4.42. The Morgan fingerprint density at radius 1 is 0.780 bits per heavy atom. The van der Waals surface area contributed by atoms with Crippen LogP contribution < -0.4 is 19.5 Å². The quantitative estimate of drug-likeness (QED) is 0.184. The number of aliphatic imine (C=N–C) groups is 1. The topological polar surface area (TPSA) is 69.2 Å². The molecule has 1 amide bonds. The third-order valence-corrected chi connectivity index (χ3v) is 7.30. The molecule has 6 nitrogen and oxygen atoms in total. The van der Waals surface area contributed by atoms with E-state index < -0.39 is 0 Å². The van der Waals surface area contributed by atoms with Crippen molar-refractivity contribution < 1.29 is 19.0 Å². The summed E-state index contributed by atoms with van der Waals surface area (Å²) in [6.07, 6.45) is 1.75. The van der Waals surface area contributed by atoms with Crippen LogP contribution in [0.1, 0.15) is 23.6 Å². The second-order valence-corrected chi connectivity index (χ2v) is 10.8. The summed E-state index contributed by atoms with van der Waals surface area (Å²) >= 11 is 13.5. The molecule has 1 saturated heterocycles. The molecule has 4 aromatic carbocycles. The van der Waals surface area contributed by atoms with Crippen LogP contribution in [0.25, 0.3) is 6.08 Å². The van der Waals surface area contributed by atoms with E-state index in [1.807, 2.05) is 55.5 Å². The first kappa shape index (κ1) is 28.6. The third kappa shape index (κ3) is 7.85. The molecule has 0 unspecified atom stereocenters. The van der Waals surface area contributed by atoms with Crippen molar-refractivity contribution in [3.8, 4) is 17.2 Å². The lowest BCUT2D eigenvalue weighted by Gasteiger charge is -2.15. The van der Waals surface area contributed by atoms with Gasteiger partial charge in [0.05, 0.1) is 17.2 Å². The van der Waals surface area contributed by atoms with Gasteiger partial charge in [0.2, 0.25) is 0 Å². The fourth-order valence-electron chi connectivity index (χ4n) is 3.94. The smallest absolute Gasteiger partial charge is 0.264 e. The molecule has 41 heavy (non-hydrogen) atoms. The van der Waals surface area contributed by atoms with Gasteiger partial charge in [-0.15, -0.1) is 0 Å². The van der Waals surface area contributed by atoms with Gasteiger partial charge in [0.25, 0.3) is 5.91 Å². The predicted molar refractivity (Wildman–Crippen MR) is 166 cm³/mol. The first-order chi connectivity index (χ1) is 20.0. The van der Waals surface area contributed by atoms with E-state index in [2.05, 4.69) is 10.3 Å². The Bertz CT molecular complexity index is 1590. The summed E-state index contributed by atoms with van der Waals surface area (Å²) in [6.45, 7) is 3.15. The number of ether oxygens (including phenoxy) is 3. The van der Waals surface area contributed by atoms with Gasteiger partial charge in [-0.2, -0.15) is 0 Å². The number of nitrogens with zero attached hydrogens (tertiary/aromatic N) is 1. The van der Waals surface area contributed by atoms with Gasteiger partial charge >= 0.3 is 0 Å². The SMILES string of the molecule is CCOc1cc(COc2ccc(Cl)cc2/C=C2/SC(=Nc3ccc(Cl)cc3)NC2=O)ccc1OCc1ccccc1. The standard InChI is InChI=1S/C32H26Cl2N2O4S/c1-2-38-29-16-22(8-14-28(29)40-19-21-6-4-3-5-7-21)20-39-27-15-11-25(34)17-23(27)18-30-31(37)36-32(41-30)35-26-12-9-24(33)10-13-26/h3-18H,2,19-20H2,1H3,(H,35,36,37)/b30-18+. The number of nitrogens with one attached hydrogen (secondary N) is 1. The van der Waals surface area contributed by atoms with Crippen molar-refractivity contribution in [2.45, 2.75) is 20.1 Å². The van der Waals surface area contributed by atoms with Gasteiger partial charge in [0.15, 0.2) is 16.7 Å². The van der Waals surface area contributed by atoms with Crippen LogP contribution in [0.15, 0.2) is 101 Å². The number of hydrogen-bond acceptors (Lipinski definition) is 6. The Morgan fingerprint density at radius 2 is 1.49 bits per heavy atom. The van der Waals surface area contributed by atoms with Gasteiger partial charge in [0, 0.05) is 15.6 Å².